The molecule has 6 nitrogen and oxygen atoms in total. The van der Waals surface area contributed by atoms with Gasteiger partial charge in [0.2, 0.25) is 5.91 Å². The molecule has 1 amide bonds. The average Bonchev–Trinajstić information content (AvgIpc) is 3.05. The van der Waals surface area contributed by atoms with Gasteiger partial charge < -0.3 is 19.1 Å². The average molecular weight is 387 g/mol. The fourth-order valence-electron chi connectivity index (χ4n) is 3.80. The third-order valence-electron chi connectivity index (χ3n) is 5.08. The van der Waals surface area contributed by atoms with E-state index >= 15 is 0 Å². The van der Waals surface area contributed by atoms with Gasteiger partial charge in [-0.05, 0) is 58.2 Å². The predicted molar refractivity (Wildman–Crippen MR) is 106 cm³/mol. The second-order valence-electron chi connectivity index (χ2n) is 7.19. The number of esters is 1. The Labute approximate surface area is 166 Å². The van der Waals surface area contributed by atoms with E-state index in [0.29, 0.717) is 26.2 Å². The first-order chi connectivity index (χ1) is 13.5. The smallest absolute Gasteiger partial charge is 0.328 e. The molecule has 28 heavy (non-hydrogen) atoms. The molecule has 1 aromatic carbocycles. The number of carbonyl (C=O) groups excluding carboxylic acids is 2. The van der Waals surface area contributed by atoms with E-state index in [1.165, 1.54) is 6.08 Å². The summed E-state index contributed by atoms with van der Waals surface area (Å²) in [6, 6.07) is 3.42. The van der Waals surface area contributed by atoms with Gasteiger partial charge in [-0.25, -0.2) is 4.79 Å². The molecule has 2 aliphatic rings. The van der Waals surface area contributed by atoms with Crippen LogP contribution in [0.15, 0.2) is 18.2 Å². The molecule has 2 aliphatic heterocycles. The highest BCUT2D eigenvalue weighted by atomic mass is 16.5. The number of ether oxygens (including phenoxy) is 3. The molecule has 0 radical (unpaired) electrons. The third-order valence-corrected chi connectivity index (χ3v) is 5.08. The minimum Gasteiger partial charge on any atom is -0.493 e. The van der Waals surface area contributed by atoms with Crippen molar-refractivity contribution in [2.75, 3.05) is 19.8 Å². The van der Waals surface area contributed by atoms with Gasteiger partial charge in [0.05, 0.1) is 13.2 Å². The van der Waals surface area contributed by atoms with Gasteiger partial charge in [-0.1, -0.05) is 0 Å². The number of hydrogen-bond acceptors (Lipinski definition) is 5. The lowest BCUT2D eigenvalue weighted by Gasteiger charge is -2.33. The Morgan fingerprint density at radius 1 is 1.25 bits per heavy atom. The first-order valence-electron chi connectivity index (χ1n) is 10.1. The van der Waals surface area contributed by atoms with Crippen molar-refractivity contribution in [2.45, 2.75) is 58.6 Å². The molecular weight excluding hydrogens is 358 g/mol. The summed E-state index contributed by atoms with van der Waals surface area (Å²) in [7, 11) is 0. The summed E-state index contributed by atoms with van der Waals surface area (Å²) in [5.74, 6) is 1.07. The quantitative estimate of drug-likeness (QED) is 0.553. The van der Waals surface area contributed by atoms with Crippen LogP contribution in [0.5, 0.6) is 11.5 Å². The summed E-state index contributed by atoms with van der Waals surface area (Å²) < 4.78 is 16.7. The molecule has 0 aliphatic carbocycles. The van der Waals surface area contributed by atoms with Gasteiger partial charge in [-0.2, -0.15) is 0 Å². The maximum atomic E-state index is 12.8. The SMILES string of the molecule is CCOC(=O)C1CCCCN1C(=O)/C=C/c1cc2c(cc1OCC)CC(C)O2. The van der Waals surface area contributed by atoms with Gasteiger partial charge in [0, 0.05) is 30.2 Å². The zero-order valence-corrected chi connectivity index (χ0v) is 16.9. The maximum Gasteiger partial charge on any atom is 0.328 e. The summed E-state index contributed by atoms with van der Waals surface area (Å²) >= 11 is 0. The van der Waals surface area contributed by atoms with Crippen LogP contribution in [0.2, 0.25) is 0 Å². The molecular formula is C22H29NO5. The fourth-order valence-corrected chi connectivity index (χ4v) is 3.80. The number of likely N-dealkylation sites (tertiary alicyclic amines) is 1. The molecule has 3 rings (SSSR count). The van der Waals surface area contributed by atoms with Gasteiger partial charge in [0.1, 0.15) is 23.6 Å². The Morgan fingerprint density at radius 3 is 2.82 bits per heavy atom. The summed E-state index contributed by atoms with van der Waals surface area (Å²) in [6.07, 6.45) is 6.72. The number of nitrogens with zero attached hydrogens (tertiary/aromatic N) is 1. The molecule has 0 saturated carbocycles. The van der Waals surface area contributed by atoms with Crippen LogP contribution in [0.1, 0.15) is 51.2 Å². The Kier molecular flexibility index (Phi) is 6.60. The van der Waals surface area contributed by atoms with Crippen molar-refractivity contribution in [2.24, 2.45) is 0 Å². The normalized spacial score (nSPS) is 21.3. The Bertz CT molecular complexity index is 758. The molecule has 0 aromatic heterocycles. The van der Waals surface area contributed by atoms with E-state index < -0.39 is 6.04 Å². The van der Waals surface area contributed by atoms with E-state index in [2.05, 4.69) is 0 Å². The van der Waals surface area contributed by atoms with Gasteiger partial charge in [0.15, 0.2) is 0 Å². The van der Waals surface area contributed by atoms with E-state index in [4.69, 9.17) is 14.2 Å². The highest BCUT2D eigenvalue weighted by Crippen LogP contribution is 2.35. The molecule has 2 unspecified atom stereocenters. The summed E-state index contributed by atoms with van der Waals surface area (Å²) in [6.45, 7) is 7.17. The van der Waals surface area contributed by atoms with Crippen LogP contribution in [0, 0.1) is 0 Å². The zero-order valence-electron chi connectivity index (χ0n) is 16.9. The third kappa shape index (κ3) is 4.49. The van der Waals surface area contributed by atoms with Gasteiger partial charge in [-0.3, -0.25) is 4.79 Å². The molecule has 2 heterocycles. The molecule has 6 heteroatoms. The number of rotatable bonds is 6. The minimum absolute atomic E-state index is 0.143. The van der Waals surface area contributed by atoms with Crippen LogP contribution in [-0.2, 0) is 20.7 Å². The lowest BCUT2D eigenvalue weighted by molar-refractivity contribution is -0.155. The Hall–Kier alpha value is -2.50. The van der Waals surface area contributed by atoms with E-state index in [1.807, 2.05) is 26.0 Å². The summed E-state index contributed by atoms with van der Waals surface area (Å²) in [4.78, 5) is 26.6. The number of piperidine rings is 1. The van der Waals surface area contributed by atoms with Crippen molar-refractivity contribution < 1.29 is 23.8 Å². The maximum absolute atomic E-state index is 12.8. The minimum atomic E-state index is -0.499. The van der Waals surface area contributed by atoms with Crippen LogP contribution >= 0.6 is 0 Å². The second kappa shape index (κ2) is 9.13. The van der Waals surface area contributed by atoms with Crippen molar-refractivity contribution in [3.8, 4) is 11.5 Å². The lowest BCUT2D eigenvalue weighted by atomic mass is 10.0. The molecule has 2 atom stereocenters. The molecule has 0 spiro atoms. The van der Waals surface area contributed by atoms with Gasteiger partial charge in [-0.15, -0.1) is 0 Å². The van der Waals surface area contributed by atoms with E-state index in [1.54, 1.807) is 17.9 Å². The highest BCUT2D eigenvalue weighted by molar-refractivity contribution is 5.95. The van der Waals surface area contributed by atoms with Gasteiger partial charge in [0.25, 0.3) is 0 Å². The largest absolute Gasteiger partial charge is 0.493 e. The molecule has 152 valence electrons. The lowest BCUT2D eigenvalue weighted by Crippen LogP contribution is -2.48. The topological polar surface area (TPSA) is 65.1 Å². The van der Waals surface area contributed by atoms with Crippen molar-refractivity contribution in [3.05, 3.63) is 29.3 Å². The zero-order chi connectivity index (χ0) is 20.1. The van der Waals surface area contributed by atoms with Crippen molar-refractivity contribution in [1.82, 2.24) is 4.90 Å². The molecule has 1 fully saturated rings. The summed E-state index contributed by atoms with van der Waals surface area (Å²) in [5.41, 5.74) is 1.92. The van der Waals surface area contributed by atoms with E-state index in [9.17, 15) is 9.59 Å². The van der Waals surface area contributed by atoms with Crippen molar-refractivity contribution in [1.29, 1.82) is 0 Å². The monoisotopic (exact) mass is 387 g/mol. The molecule has 0 N–H and O–H groups in total. The first kappa shape index (κ1) is 20.2. The standard InChI is InChI=1S/C22H29NO5/c1-4-26-19-14-17-12-15(3)28-20(17)13-16(19)9-10-21(24)23-11-7-6-8-18(23)22(25)27-5-2/h9-10,13-15,18H,4-8,11-12H2,1-3H3/b10-9+. The Balaban J connectivity index is 1.79. The van der Waals surface area contributed by atoms with Crippen LogP contribution in [-0.4, -0.2) is 48.7 Å². The van der Waals surface area contributed by atoms with Gasteiger partial charge >= 0.3 is 5.97 Å². The molecule has 1 saturated heterocycles. The van der Waals surface area contributed by atoms with Crippen LogP contribution in [0.3, 0.4) is 0 Å². The number of fused-ring (bicyclic) bond motifs is 1. The van der Waals surface area contributed by atoms with Crippen LogP contribution in [0.25, 0.3) is 6.08 Å². The summed E-state index contributed by atoms with van der Waals surface area (Å²) in [5, 5.41) is 0. The second-order valence-corrected chi connectivity index (χ2v) is 7.19. The van der Waals surface area contributed by atoms with Crippen LogP contribution < -0.4 is 9.47 Å². The number of amides is 1. The number of carbonyl (C=O) groups is 2. The van der Waals surface area contributed by atoms with E-state index in [0.717, 1.165) is 41.9 Å². The molecule has 1 aromatic rings. The predicted octanol–water partition coefficient (Wildman–Crippen LogP) is 3.37. The van der Waals surface area contributed by atoms with Crippen molar-refractivity contribution in [3.63, 3.8) is 0 Å². The van der Waals surface area contributed by atoms with Crippen molar-refractivity contribution >= 4 is 18.0 Å². The molecule has 0 bridgehead atoms. The number of benzene rings is 1. The fraction of sp³-hybridized carbons (Fsp3) is 0.545. The number of hydrogen-bond donors (Lipinski definition) is 0. The highest BCUT2D eigenvalue weighted by Gasteiger charge is 2.32. The van der Waals surface area contributed by atoms with E-state index in [-0.39, 0.29) is 18.0 Å². The first-order valence-corrected chi connectivity index (χ1v) is 10.1. The Morgan fingerprint density at radius 2 is 2.07 bits per heavy atom. The van der Waals surface area contributed by atoms with Crippen LogP contribution in [0.4, 0.5) is 0 Å².